The highest BCUT2D eigenvalue weighted by Crippen LogP contribution is 2.42. The van der Waals surface area contributed by atoms with Gasteiger partial charge in [0.2, 0.25) is 0 Å². The van der Waals surface area contributed by atoms with E-state index in [0.717, 1.165) is 37.2 Å². The molecule has 0 saturated heterocycles. The van der Waals surface area contributed by atoms with Gasteiger partial charge in [0.15, 0.2) is 5.82 Å². The summed E-state index contributed by atoms with van der Waals surface area (Å²) in [5, 5.41) is 18.4. The number of hydrogen-bond acceptors (Lipinski definition) is 7. The van der Waals surface area contributed by atoms with Gasteiger partial charge in [-0.1, -0.05) is 33.1 Å². The summed E-state index contributed by atoms with van der Waals surface area (Å²) in [6.07, 6.45) is 13.2. The van der Waals surface area contributed by atoms with Gasteiger partial charge in [-0.05, 0) is 44.8 Å². The monoisotopic (exact) mass is 509 g/mol. The van der Waals surface area contributed by atoms with E-state index >= 15 is 0 Å². The van der Waals surface area contributed by atoms with Crippen molar-refractivity contribution in [3.8, 4) is 12.1 Å². The molecule has 0 N–H and O–H groups in total. The smallest absolute Gasteiger partial charge is 0.269 e. The van der Waals surface area contributed by atoms with Crippen LogP contribution in [0.15, 0.2) is 31.1 Å². The molecule has 2 atom stereocenters. The Hall–Kier alpha value is -2.72. The van der Waals surface area contributed by atoms with E-state index < -0.39 is 23.1 Å². The summed E-state index contributed by atoms with van der Waals surface area (Å²) in [6.45, 7) is 3.79. The molecule has 4 rings (SSSR count). The van der Waals surface area contributed by atoms with Crippen LogP contribution in [-0.2, 0) is 10.8 Å². The van der Waals surface area contributed by atoms with Crippen LogP contribution in [0.25, 0.3) is 0 Å². The predicted octanol–water partition coefficient (Wildman–Crippen LogP) is 6.39. The molecule has 0 spiro atoms. The summed E-state index contributed by atoms with van der Waals surface area (Å²) < 4.78 is 37.6. The second-order valence-electron chi connectivity index (χ2n) is 8.94. The van der Waals surface area contributed by atoms with Gasteiger partial charge in [-0.15, -0.1) is 0 Å². The summed E-state index contributed by atoms with van der Waals surface area (Å²) in [5.41, 5.74) is 0.496. The van der Waals surface area contributed by atoms with Crippen molar-refractivity contribution in [3.63, 3.8) is 0 Å². The molecule has 2 aromatic rings. The molecule has 10 heteroatoms. The molecule has 35 heavy (non-hydrogen) atoms. The van der Waals surface area contributed by atoms with Crippen molar-refractivity contribution < 1.29 is 13.5 Å². The second-order valence-corrected chi connectivity index (χ2v) is 8.94. The minimum Gasteiger partial charge on any atom is -0.269 e. The molecule has 2 fully saturated rings. The van der Waals surface area contributed by atoms with Crippen LogP contribution >= 0.6 is 12.6 Å². The van der Waals surface area contributed by atoms with Crippen LogP contribution in [0, 0.1) is 34.5 Å². The number of alkyl halides is 2. The summed E-state index contributed by atoms with van der Waals surface area (Å²) >= 11 is 3.53. The molecule has 192 valence electrons. The molecule has 0 bridgehead atoms. The zero-order valence-electron chi connectivity index (χ0n) is 20.6. The highest BCUT2D eigenvalue weighted by Gasteiger charge is 2.36. The maximum Gasteiger partial charge on any atom is 0.297 e. The average Bonchev–Trinajstić information content (AvgIpc) is 3.85. The van der Waals surface area contributed by atoms with Gasteiger partial charge in [0.05, 0.1) is 23.0 Å². The second kappa shape index (κ2) is 14.6. The van der Waals surface area contributed by atoms with Crippen molar-refractivity contribution in [1.29, 1.82) is 12.0 Å². The summed E-state index contributed by atoms with van der Waals surface area (Å²) in [5.74, 6) is 0.828. The fraction of sp³-hybridized carbons (Fsp3) is 0.600. The lowest BCUT2D eigenvalue weighted by Crippen LogP contribution is -2.21. The maximum atomic E-state index is 12.3. The van der Waals surface area contributed by atoms with Crippen molar-refractivity contribution >= 4 is 12.6 Å². The predicted molar refractivity (Wildman–Crippen MR) is 134 cm³/mol. The van der Waals surface area contributed by atoms with Crippen molar-refractivity contribution in [2.45, 2.75) is 77.1 Å². The molecular formula is C25H35F3N6S. The molecule has 0 amide bonds. The van der Waals surface area contributed by atoms with E-state index in [1.165, 1.54) is 31.6 Å². The van der Waals surface area contributed by atoms with Crippen molar-refractivity contribution in [1.82, 2.24) is 19.9 Å². The lowest BCUT2D eigenvalue weighted by molar-refractivity contribution is 0.140. The number of nitriles is 2. The van der Waals surface area contributed by atoms with Crippen LogP contribution in [-0.4, -0.2) is 27.6 Å². The normalized spacial score (nSPS) is 17.4. The Morgan fingerprint density at radius 1 is 0.943 bits per heavy atom. The van der Waals surface area contributed by atoms with Gasteiger partial charge in [-0.25, -0.2) is 28.7 Å². The van der Waals surface area contributed by atoms with E-state index in [1.54, 1.807) is 18.6 Å². The van der Waals surface area contributed by atoms with Crippen LogP contribution in [0.4, 0.5) is 13.5 Å². The van der Waals surface area contributed by atoms with Gasteiger partial charge >= 0.3 is 0 Å². The van der Waals surface area contributed by atoms with Gasteiger partial charge in [-0.3, -0.25) is 4.72 Å². The zero-order chi connectivity index (χ0) is 26.5. The van der Waals surface area contributed by atoms with Crippen LogP contribution in [0.5, 0.6) is 0 Å². The van der Waals surface area contributed by atoms with E-state index in [0.29, 0.717) is 11.5 Å². The van der Waals surface area contributed by atoms with Gasteiger partial charge < -0.3 is 0 Å². The third-order valence-corrected chi connectivity index (χ3v) is 5.98. The number of rotatable bonds is 7. The van der Waals surface area contributed by atoms with Crippen LogP contribution in [0.3, 0.4) is 0 Å². The van der Waals surface area contributed by atoms with E-state index in [1.807, 2.05) is 13.8 Å². The standard InChI is InChI=1S/C12H13F2N3.C11H13N3.CH4S.CH4.FH/c1-12(7-15,4-8-2-3-8)9-5-16-11(10(13)14)17-6-9;1-11(7-12,4-9-2-3-9)10-5-13-8-14-6-10;1-2;;/h5-6,8,10H,2-4H2,1H3;5-6,8-9H,2-4H2,1H3;2H,1H3;1H4;1H/i/hD. The molecular weight excluding hydrogens is 473 g/mol. The molecule has 2 saturated carbocycles. The molecule has 2 aromatic heterocycles. The van der Waals surface area contributed by atoms with E-state index in [4.69, 9.17) is 4.72 Å². The average molecular weight is 510 g/mol. The first-order valence-electron chi connectivity index (χ1n) is 11.3. The Labute approximate surface area is 213 Å². The molecule has 2 aliphatic rings. The van der Waals surface area contributed by atoms with Crippen molar-refractivity contribution in [2.75, 3.05) is 6.26 Å². The molecule has 0 aromatic carbocycles. The SMILES string of the molecule is C.CC(C#N)(CC1CC1)c1cnc(C(F)F)nc1.CC(C#N)(CC1CC1)c1cncnc1.CS.[2H]F. The van der Waals surface area contributed by atoms with E-state index in [9.17, 15) is 19.3 Å². The van der Waals surface area contributed by atoms with Gasteiger partial charge in [-0.2, -0.15) is 23.2 Å². The van der Waals surface area contributed by atoms with Gasteiger partial charge in [0.1, 0.15) is 6.33 Å². The van der Waals surface area contributed by atoms with Crippen LogP contribution in [0.1, 0.15) is 83.2 Å². The molecule has 2 unspecified atom stereocenters. The van der Waals surface area contributed by atoms with Crippen molar-refractivity contribution in [2.24, 2.45) is 11.8 Å². The number of thiol groups is 1. The van der Waals surface area contributed by atoms with Crippen LogP contribution in [0.2, 0.25) is 0 Å². The number of nitrogens with zero attached hydrogens (tertiary/aromatic N) is 6. The Morgan fingerprint density at radius 3 is 1.63 bits per heavy atom. The maximum absolute atomic E-state index is 12.3. The molecule has 6 nitrogen and oxygen atoms in total. The zero-order valence-corrected chi connectivity index (χ0v) is 20.5. The Balaban J connectivity index is 0.000000591. The first-order chi connectivity index (χ1) is 16.8. The topological polar surface area (TPSA) is 99.1 Å². The molecule has 0 aliphatic heterocycles. The Kier molecular flexibility index (Phi) is 12.7. The largest absolute Gasteiger partial charge is 0.297 e. The number of aromatic nitrogens is 4. The van der Waals surface area contributed by atoms with Crippen LogP contribution < -0.4 is 0 Å². The van der Waals surface area contributed by atoms with E-state index in [2.05, 4.69) is 46.2 Å². The fourth-order valence-corrected chi connectivity index (χ4v) is 3.57. The van der Waals surface area contributed by atoms with E-state index in [-0.39, 0.29) is 7.43 Å². The minimum absolute atomic E-state index is 0. The molecule has 2 heterocycles. The third kappa shape index (κ3) is 9.45. The van der Waals surface area contributed by atoms with Gasteiger partial charge in [0, 0.05) is 35.9 Å². The number of hydrogen-bond donors (Lipinski definition) is 1. The summed E-state index contributed by atoms with van der Waals surface area (Å²) in [7, 11) is 0. The highest BCUT2D eigenvalue weighted by atomic mass is 32.1. The lowest BCUT2D eigenvalue weighted by atomic mass is 9.81. The summed E-state index contributed by atoms with van der Waals surface area (Å²) in [4.78, 5) is 15.1. The quantitative estimate of drug-likeness (QED) is 0.434. The first kappa shape index (κ1) is 30.3. The fourth-order valence-electron chi connectivity index (χ4n) is 3.57. The van der Waals surface area contributed by atoms with Gasteiger partial charge in [0.25, 0.3) is 7.88 Å². The first-order valence-corrected chi connectivity index (χ1v) is 11.8. The Morgan fingerprint density at radius 2 is 1.31 bits per heavy atom. The summed E-state index contributed by atoms with van der Waals surface area (Å²) in [6, 6.07) is 4.63. The Bertz CT molecular complexity index is 963. The molecule has 0 radical (unpaired) electrons. The minimum atomic E-state index is -2.67. The molecule has 2 aliphatic carbocycles. The van der Waals surface area contributed by atoms with Crippen molar-refractivity contribution in [3.05, 3.63) is 48.1 Å². The lowest BCUT2D eigenvalue weighted by Gasteiger charge is -2.21. The number of halogens is 3. The highest BCUT2D eigenvalue weighted by molar-refractivity contribution is 7.79. The third-order valence-electron chi connectivity index (χ3n) is 5.98.